The van der Waals surface area contributed by atoms with Crippen LogP contribution in [0.15, 0.2) is 4.79 Å². The lowest BCUT2D eigenvalue weighted by Crippen LogP contribution is -2.26. The fraction of sp³-hybridized carbons (Fsp3) is 0.667. The van der Waals surface area contributed by atoms with Crippen LogP contribution in [0, 0.1) is 0 Å². The van der Waals surface area contributed by atoms with Crippen LogP contribution in [0.5, 0.6) is 0 Å². The molecule has 0 atom stereocenters. The van der Waals surface area contributed by atoms with Crippen molar-refractivity contribution in [1.29, 1.82) is 0 Å². The van der Waals surface area contributed by atoms with Crippen LogP contribution < -0.4 is 21.7 Å². The second kappa shape index (κ2) is 8.45. The molecule has 2 rings (SSSR count). The number of hydrogen-bond acceptors (Lipinski definition) is 10. The van der Waals surface area contributed by atoms with Crippen LogP contribution in [0.25, 0.3) is 0 Å². The van der Waals surface area contributed by atoms with E-state index in [0.717, 1.165) is 0 Å². The van der Waals surface area contributed by atoms with E-state index in [9.17, 15) is 9.36 Å². The number of nitrogen functional groups attached to an aromatic ring is 1. The van der Waals surface area contributed by atoms with Gasteiger partial charge in [-0.3, -0.25) is 19.2 Å². The molecule has 11 nitrogen and oxygen atoms in total. The minimum Gasteiger partial charge on any atom is -0.369 e. The highest BCUT2D eigenvalue weighted by Crippen LogP contribution is 2.47. The first kappa shape index (κ1) is 18.7. The molecule has 0 amide bonds. The number of H-pyrrole nitrogens is 1. The molecular formula is C12H22N5O6P. The molecule has 0 aliphatic carbocycles. The third-order valence-corrected chi connectivity index (χ3v) is 4.73. The first-order valence-corrected chi connectivity index (χ1v) is 9.22. The second-order valence-electron chi connectivity index (χ2n) is 4.68. The number of rotatable bonds is 10. The van der Waals surface area contributed by atoms with E-state index in [-0.39, 0.29) is 51.0 Å². The van der Waals surface area contributed by atoms with Gasteiger partial charge in [0.2, 0.25) is 5.95 Å². The molecule has 0 saturated heterocycles. The zero-order valence-corrected chi connectivity index (χ0v) is 14.5. The fourth-order valence-corrected chi connectivity index (χ4v) is 3.40. The van der Waals surface area contributed by atoms with E-state index in [1.807, 2.05) is 0 Å². The third-order valence-electron chi connectivity index (χ3n) is 2.93. The highest BCUT2D eigenvalue weighted by atomic mass is 31.2. The normalized spacial score (nSPS) is 13.8. The summed E-state index contributed by atoms with van der Waals surface area (Å²) in [6.45, 7) is 4.58. The van der Waals surface area contributed by atoms with E-state index in [0.29, 0.717) is 11.5 Å². The maximum atomic E-state index is 12.2. The summed E-state index contributed by atoms with van der Waals surface area (Å²) in [5, 5.41) is 4.26. The van der Waals surface area contributed by atoms with Crippen molar-refractivity contribution in [3.05, 3.63) is 10.4 Å². The number of hydrogen-bond donors (Lipinski definition) is 3. The lowest BCUT2D eigenvalue weighted by molar-refractivity contribution is 0.0450. The van der Waals surface area contributed by atoms with Crippen LogP contribution in [0.3, 0.4) is 0 Å². The van der Waals surface area contributed by atoms with E-state index in [1.54, 1.807) is 13.8 Å². The number of anilines is 3. The van der Waals surface area contributed by atoms with Gasteiger partial charge in [-0.2, -0.15) is 4.98 Å². The van der Waals surface area contributed by atoms with Crippen molar-refractivity contribution in [3.63, 3.8) is 0 Å². The molecule has 0 unspecified atom stereocenters. The summed E-state index contributed by atoms with van der Waals surface area (Å²) in [5.74, 6) is 0.312. The van der Waals surface area contributed by atoms with Crippen LogP contribution >= 0.6 is 7.60 Å². The van der Waals surface area contributed by atoms with Gasteiger partial charge in [0.25, 0.3) is 5.56 Å². The molecule has 4 N–H and O–H groups in total. The number of nitrogens with zero attached hydrogens (tertiary/aromatic N) is 2. The van der Waals surface area contributed by atoms with Gasteiger partial charge in [-0.1, -0.05) is 0 Å². The summed E-state index contributed by atoms with van der Waals surface area (Å²) < 4.78 is 27.7. The van der Waals surface area contributed by atoms with E-state index in [4.69, 9.17) is 24.4 Å². The summed E-state index contributed by atoms with van der Waals surface area (Å²) in [6, 6.07) is 0. The monoisotopic (exact) mass is 363 g/mol. The summed E-state index contributed by atoms with van der Waals surface area (Å²) in [4.78, 5) is 23.6. The standard InChI is InChI=1S/C12H22N5O6P/c1-3-22-24(19,23-4-2)8-20-5-6-21-17-7-14-9-10(17)15-12(13)16-11(9)18/h14H,3-8H2,1-2H3,(H3,13,15,16,18). The van der Waals surface area contributed by atoms with Gasteiger partial charge in [0, 0.05) is 0 Å². The second-order valence-corrected chi connectivity index (χ2v) is 6.68. The van der Waals surface area contributed by atoms with E-state index in [2.05, 4.69) is 15.3 Å². The molecule has 24 heavy (non-hydrogen) atoms. The number of fused-ring (bicyclic) bond motifs is 1. The van der Waals surface area contributed by atoms with E-state index >= 15 is 0 Å². The maximum absolute atomic E-state index is 12.2. The van der Waals surface area contributed by atoms with Crippen LogP contribution in [0.2, 0.25) is 0 Å². The zero-order valence-electron chi connectivity index (χ0n) is 13.6. The van der Waals surface area contributed by atoms with E-state index < -0.39 is 7.60 Å². The van der Waals surface area contributed by atoms with Crippen molar-refractivity contribution >= 4 is 25.0 Å². The Kier molecular flexibility index (Phi) is 6.58. The van der Waals surface area contributed by atoms with Gasteiger partial charge < -0.3 is 24.8 Å². The lowest BCUT2D eigenvalue weighted by Gasteiger charge is -2.18. The fourth-order valence-electron chi connectivity index (χ4n) is 2.04. The summed E-state index contributed by atoms with van der Waals surface area (Å²) in [5.41, 5.74) is 5.44. The molecule has 0 saturated carbocycles. The minimum atomic E-state index is -3.23. The predicted octanol–water partition coefficient (Wildman–Crippen LogP) is 0.713. The topological polar surface area (TPSA) is 141 Å². The number of aromatic amines is 1. The average molecular weight is 363 g/mol. The Hall–Kier alpha value is -1.65. The molecule has 1 aliphatic rings. The van der Waals surface area contributed by atoms with Crippen molar-refractivity contribution in [2.45, 2.75) is 13.8 Å². The zero-order chi connectivity index (χ0) is 17.6. The molecular weight excluding hydrogens is 341 g/mol. The lowest BCUT2D eigenvalue weighted by atomic mass is 10.5. The Balaban J connectivity index is 1.79. The molecule has 0 fully saturated rings. The van der Waals surface area contributed by atoms with Gasteiger partial charge in [0.1, 0.15) is 18.7 Å². The molecule has 12 heteroatoms. The molecule has 1 aliphatic heterocycles. The Labute approximate surface area is 138 Å². The first-order valence-electron chi connectivity index (χ1n) is 7.49. The third kappa shape index (κ3) is 4.68. The summed E-state index contributed by atoms with van der Waals surface area (Å²) >= 11 is 0. The van der Waals surface area contributed by atoms with Crippen molar-refractivity contribution in [2.24, 2.45) is 0 Å². The summed E-state index contributed by atoms with van der Waals surface area (Å²) in [7, 11) is -3.23. The Morgan fingerprint density at radius 1 is 1.29 bits per heavy atom. The van der Waals surface area contributed by atoms with Crippen molar-refractivity contribution in [1.82, 2.24) is 9.97 Å². The Morgan fingerprint density at radius 3 is 2.67 bits per heavy atom. The van der Waals surface area contributed by atoms with Crippen molar-refractivity contribution in [2.75, 3.05) is 55.6 Å². The van der Waals surface area contributed by atoms with Gasteiger partial charge in [0.15, 0.2) is 5.82 Å². The number of ether oxygens (including phenoxy) is 1. The molecule has 2 heterocycles. The highest BCUT2D eigenvalue weighted by Gasteiger charge is 2.26. The Morgan fingerprint density at radius 2 is 2.00 bits per heavy atom. The quantitative estimate of drug-likeness (QED) is 0.402. The predicted molar refractivity (Wildman–Crippen MR) is 87.9 cm³/mol. The maximum Gasteiger partial charge on any atom is 0.356 e. The smallest absolute Gasteiger partial charge is 0.356 e. The van der Waals surface area contributed by atoms with Gasteiger partial charge in [-0.15, -0.1) is 0 Å². The van der Waals surface area contributed by atoms with E-state index in [1.165, 1.54) is 5.06 Å². The molecule has 0 radical (unpaired) electrons. The van der Waals surface area contributed by atoms with Gasteiger partial charge in [-0.05, 0) is 13.8 Å². The Bertz CT molecular complexity index is 643. The number of nitrogens with one attached hydrogen (secondary N) is 2. The summed E-state index contributed by atoms with van der Waals surface area (Å²) in [6.07, 6.45) is -0.155. The number of nitrogens with two attached hydrogens (primary N) is 1. The van der Waals surface area contributed by atoms with Gasteiger partial charge in [-0.25, -0.2) is 5.06 Å². The molecule has 0 spiro atoms. The minimum absolute atomic E-state index is 0.00154. The highest BCUT2D eigenvalue weighted by molar-refractivity contribution is 7.53. The molecule has 0 bridgehead atoms. The van der Waals surface area contributed by atoms with Crippen molar-refractivity contribution in [3.8, 4) is 0 Å². The molecule has 136 valence electrons. The van der Waals surface area contributed by atoms with Crippen LogP contribution in [-0.4, -0.2) is 49.4 Å². The molecule has 1 aromatic heterocycles. The van der Waals surface area contributed by atoms with Crippen molar-refractivity contribution < 1.29 is 23.2 Å². The van der Waals surface area contributed by atoms with Gasteiger partial charge in [0.05, 0.1) is 26.4 Å². The molecule has 0 aromatic carbocycles. The SMILES string of the molecule is CCOP(=O)(COCCON1CNc2c1nc(N)[nH]c2=O)OCC. The van der Waals surface area contributed by atoms with Crippen LogP contribution in [0.4, 0.5) is 17.5 Å². The average Bonchev–Trinajstić information content (AvgIpc) is 2.91. The molecule has 1 aromatic rings. The number of aromatic nitrogens is 2. The van der Waals surface area contributed by atoms with Crippen LogP contribution in [0.1, 0.15) is 13.8 Å². The largest absolute Gasteiger partial charge is 0.369 e. The first-order chi connectivity index (χ1) is 11.5. The van der Waals surface area contributed by atoms with Gasteiger partial charge >= 0.3 is 7.60 Å². The number of hydroxylamine groups is 1. The van der Waals surface area contributed by atoms with Crippen LogP contribution in [-0.2, 0) is 23.2 Å².